The topological polar surface area (TPSA) is 9.23 Å². The maximum atomic E-state index is 6.70. The molecule has 4 saturated carbocycles. The van der Waals surface area contributed by atoms with Crippen molar-refractivity contribution in [3.8, 4) is 0 Å². The molecule has 6 aliphatic rings. The Morgan fingerprint density at radius 1 is 0.903 bits per heavy atom. The summed E-state index contributed by atoms with van der Waals surface area (Å²) >= 11 is 0. The summed E-state index contributed by atoms with van der Waals surface area (Å²) in [5.41, 5.74) is 2.87. The smallest absolute Gasteiger partial charge is 0.0792 e. The summed E-state index contributed by atoms with van der Waals surface area (Å²) in [4.78, 5) is 0. The van der Waals surface area contributed by atoms with E-state index >= 15 is 0 Å². The van der Waals surface area contributed by atoms with Crippen LogP contribution in [-0.2, 0) is 4.74 Å². The summed E-state index contributed by atoms with van der Waals surface area (Å²) in [6, 6.07) is 0. The highest BCUT2D eigenvalue weighted by atomic mass is 16.5. The minimum absolute atomic E-state index is 0.239. The highest BCUT2D eigenvalue weighted by Crippen LogP contribution is 2.73. The summed E-state index contributed by atoms with van der Waals surface area (Å²) in [6.07, 6.45) is 14.7. The molecule has 2 heterocycles. The van der Waals surface area contributed by atoms with Crippen LogP contribution >= 0.6 is 0 Å². The fraction of sp³-hybridized carbons (Fsp3) is 0.933. The molecule has 176 valence electrons. The first-order chi connectivity index (χ1) is 14.5. The second-order valence-corrected chi connectivity index (χ2v) is 13.7. The third kappa shape index (κ3) is 2.90. The molecule has 1 nitrogen and oxygen atoms in total. The van der Waals surface area contributed by atoms with Gasteiger partial charge in [0, 0.05) is 11.3 Å². The SMILES string of the molecule is C/C(=C\[C@@H](C)[C@H]1CC[C@H]2[C@@H]3CC[C@]45O[C@H](CC[C@]4(C)[C@H]3CC[C@]12C)[C@H]5C)[C@H](C)C(C)C. The molecule has 31 heavy (non-hydrogen) atoms. The molecule has 1 heteroatoms. The molecule has 0 aromatic heterocycles. The van der Waals surface area contributed by atoms with E-state index in [1.54, 1.807) is 5.57 Å². The van der Waals surface area contributed by atoms with Crippen molar-refractivity contribution in [1.29, 1.82) is 0 Å². The fourth-order valence-electron chi connectivity index (χ4n) is 10.4. The predicted molar refractivity (Wildman–Crippen MR) is 131 cm³/mol. The highest BCUT2D eigenvalue weighted by molar-refractivity contribution is 5.21. The van der Waals surface area contributed by atoms with Gasteiger partial charge in [0.05, 0.1) is 11.7 Å². The van der Waals surface area contributed by atoms with Gasteiger partial charge in [-0.05, 0) is 105 Å². The molecule has 2 saturated heterocycles. The first-order valence-electron chi connectivity index (χ1n) is 13.9. The summed E-state index contributed by atoms with van der Waals surface area (Å²) < 4.78 is 6.70. The van der Waals surface area contributed by atoms with Gasteiger partial charge in [-0.2, -0.15) is 0 Å². The number of allylic oxidation sites excluding steroid dienone is 2. The zero-order valence-corrected chi connectivity index (χ0v) is 21.8. The summed E-state index contributed by atoms with van der Waals surface area (Å²) in [6.45, 7) is 20.0. The zero-order chi connectivity index (χ0) is 22.3. The molecular formula is C30H50O. The van der Waals surface area contributed by atoms with Crippen LogP contribution in [0.3, 0.4) is 0 Å². The van der Waals surface area contributed by atoms with Gasteiger partial charge in [-0.3, -0.25) is 0 Å². The largest absolute Gasteiger partial charge is 0.370 e. The Hall–Kier alpha value is -0.300. The molecule has 0 radical (unpaired) electrons. The molecule has 0 N–H and O–H groups in total. The van der Waals surface area contributed by atoms with Crippen molar-refractivity contribution >= 4 is 0 Å². The van der Waals surface area contributed by atoms with Crippen molar-refractivity contribution in [3.63, 3.8) is 0 Å². The van der Waals surface area contributed by atoms with E-state index in [0.29, 0.717) is 22.9 Å². The molecule has 0 amide bonds. The van der Waals surface area contributed by atoms with E-state index in [0.717, 1.165) is 41.4 Å². The molecule has 2 aliphatic heterocycles. The van der Waals surface area contributed by atoms with Crippen LogP contribution in [0.4, 0.5) is 0 Å². The molecule has 1 spiro atoms. The van der Waals surface area contributed by atoms with Crippen LogP contribution in [-0.4, -0.2) is 11.7 Å². The minimum atomic E-state index is 0.239. The average molecular weight is 427 g/mol. The molecule has 6 rings (SSSR count). The number of ether oxygens (including phenoxy) is 1. The Bertz CT molecular complexity index is 737. The van der Waals surface area contributed by atoms with E-state index in [4.69, 9.17) is 4.74 Å². The second kappa shape index (κ2) is 7.35. The third-order valence-electron chi connectivity index (χ3n) is 12.6. The van der Waals surface area contributed by atoms with Gasteiger partial charge in [-0.1, -0.05) is 60.1 Å². The maximum absolute atomic E-state index is 6.70. The Labute approximate surface area is 193 Å². The lowest BCUT2D eigenvalue weighted by Crippen LogP contribution is -2.75. The van der Waals surface area contributed by atoms with Gasteiger partial charge < -0.3 is 4.74 Å². The van der Waals surface area contributed by atoms with Gasteiger partial charge >= 0.3 is 0 Å². The van der Waals surface area contributed by atoms with Crippen LogP contribution in [0.2, 0.25) is 0 Å². The molecular weight excluding hydrogens is 376 g/mol. The van der Waals surface area contributed by atoms with Crippen LogP contribution in [0.25, 0.3) is 0 Å². The van der Waals surface area contributed by atoms with Crippen molar-refractivity contribution in [3.05, 3.63) is 11.6 Å². The first kappa shape index (κ1) is 22.5. The normalized spacial score (nSPS) is 53.3. The van der Waals surface area contributed by atoms with Crippen LogP contribution in [0.1, 0.15) is 107 Å². The van der Waals surface area contributed by atoms with Gasteiger partial charge in [0.15, 0.2) is 0 Å². The quantitative estimate of drug-likeness (QED) is 0.411. The zero-order valence-electron chi connectivity index (χ0n) is 21.8. The predicted octanol–water partition coefficient (Wildman–Crippen LogP) is 8.29. The van der Waals surface area contributed by atoms with Gasteiger partial charge in [0.1, 0.15) is 0 Å². The van der Waals surface area contributed by atoms with Gasteiger partial charge in [0.2, 0.25) is 0 Å². The molecule has 6 fully saturated rings. The van der Waals surface area contributed by atoms with Crippen molar-refractivity contribution in [2.75, 3.05) is 0 Å². The minimum Gasteiger partial charge on any atom is -0.370 e. The summed E-state index contributed by atoms with van der Waals surface area (Å²) in [5, 5.41) is 0. The van der Waals surface area contributed by atoms with Crippen LogP contribution in [0, 0.1) is 58.2 Å². The molecule has 2 bridgehead atoms. The number of rotatable bonds is 4. The molecule has 4 aliphatic carbocycles. The van der Waals surface area contributed by atoms with Crippen LogP contribution in [0.5, 0.6) is 0 Å². The highest BCUT2D eigenvalue weighted by Gasteiger charge is 2.72. The fourth-order valence-corrected chi connectivity index (χ4v) is 10.4. The van der Waals surface area contributed by atoms with E-state index in [9.17, 15) is 0 Å². The van der Waals surface area contributed by atoms with E-state index in [-0.39, 0.29) is 5.60 Å². The number of hydrogen-bond acceptors (Lipinski definition) is 1. The Balaban J connectivity index is 1.37. The second-order valence-electron chi connectivity index (χ2n) is 13.7. The lowest BCUT2D eigenvalue weighted by Gasteiger charge is -2.73. The van der Waals surface area contributed by atoms with E-state index < -0.39 is 0 Å². The van der Waals surface area contributed by atoms with Crippen molar-refractivity contribution < 1.29 is 4.74 Å². The Morgan fingerprint density at radius 2 is 1.65 bits per heavy atom. The maximum Gasteiger partial charge on any atom is 0.0792 e. The third-order valence-corrected chi connectivity index (χ3v) is 12.6. The Kier molecular flexibility index (Phi) is 5.33. The van der Waals surface area contributed by atoms with Crippen molar-refractivity contribution in [1.82, 2.24) is 0 Å². The first-order valence-corrected chi connectivity index (χ1v) is 13.9. The summed E-state index contributed by atoms with van der Waals surface area (Å²) in [7, 11) is 0. The van der Waals surface area contributed by atoms with E-state index in [1.165, 1.54) is 51.4 Å². The molecule has 0 aromatic carbocycles. The Morgan fingerprint density at radius 3 is 2.32 bits per heavy atom. The standard InChI is InChI=1S/C30H50O/c1-18(2)21(5)19(3)17-20(4)24-9-10-25-23-11-16-30-22(6)27(31-30)13-15-29(30,8)26(23)12-14-28(24,25)7/h17-18,20-27H,9-16H2,1-8H3/b19-17+/t20-,21-,22-,23+,24-,25+,26+,27-,28-,29-,30-/m1/s1. The van der Waals surface area contributed by atoms with E-state index in [2.05, 4.69) is 61.5 Å². The lowest BCUT2D eigenvalue weighted by atomic mass is 9.39. The van der Waals surface area contributed by atoms with Crippen LogP contribution < -0.4 is 0 Å². The molecule has 0 unspecified atom stereocenters. The molecule has 0 aromatic rings. The average Bonchev–Trinajstić information content (AvgIpc) is 3.09. The molecule has 11 atom stereocenters. The summed E-state index contributed by atoms with van der Waals surface area (Å²) in [5.74, 6) is 6.68. The van der Waals surface area contributed by atoms with Gasteiger partial charge in [-0.15, -0.1) is 0 Å². The van der Waals surface area contributed by atoms with Crippen molar-refractivity contribution in [2.24, 2.45) is 58.2 Å². The lowest BCUT2D eigenvalue weighted by molar-refractivity contribution is -0.371. The number of hydrogen-bond donors (Lipinski definition) is 0. The van der Waals surface area contributed by atoms with E-state index in [1.807, 2.05) is 0 Å². The van der Waals surface area contributed by atoms with Crippen LogP contribution in [0.15, 0.2) is 11.6 Å². The van der Waals surface area contributed by atoms with Gasteiger partial charge in [0.25, 0.3) is 0 Å². The monoisotopic (exact) mass is 426 g/mol. The number of fused-ring (bicyclic) bond motifs is 4. The van der Waals surface area contributed by atoms with Gasteiger partial charge in [-0.25, -0.2) is 0 Å². The van der Waals surface area contributed by atoms with Crippen molar-refractivity contribution in [2.45, 2.75) is 118 Å².